The van der Waals surface area contributed by atoms with E-state index in [1.54, 1.807) is 13.2 Å². The number of likely N-dealkylation sites (N-methyl/N-ethyl adjacent to an activating group) is 1. The van der Waals surface area contributed by atoms with Crippen LogP contribution in [0.3, 0.4) is 0 Å². The fourth-order valence-corrected chi connectivity index (χ4v) is 3.69. The van der Waals surface area contributed by atoms with Gasteiger partial charge in [-0.05, 0) is 45.1 Å². The number of methoxy groups -OCH3 is 1. The third-order valence-electron chi connectivity index (χ3n) is 4.86. The predicted octanol–water partition coefficient (Wildman–Crippen LogP) is 4.04. The first kappa shape index (κ1) is 16.6. The Balaban J connectivity index is 2.42. The fourth-order valence-electron chi connectivity index (χ4n) is 3.51. The Hall–Kier alpha value is -0.770. The van der Waals surface area contributed by atoms with Crippen LogP contribution in [-0.2, 0) is 0 Å². The average molecular weight is 312 g/mol. The van der Waals surface area contributed by atoms with E-state index in [1.807, 2.05) is 12.1 Å². The molecule has 4 heteroatoms. The topological polar surface area (TPSA) is 32.7 Å². The molecule has 1 saturated carbocycles. The van der Waals surface area contributed by atoms with Crippen LogP contribution in [0.25, 0.3) is 0 Å². The van der Waals surface area contributed by atoms with Crippen LogP contribution in [0.1, 0.15) is 50.2 Å². The monoisotopic (exact) mass is 311 g/mol. The number of nitrogens with zero attached hydrogens (tertiary/aromatic N) is 1. The molecule has 1 unspecified atom stereocenters. The van der Waals surface area contributed by atoms with Crippen LogP contribution in [0.5, 0.6) is 5.75 Å². The summed E-state index contributed by atoms with van der Waals surface area (Å²) in [6.07, 6.45) is 6.19. The van der Waals surface area contributed by atoms with Gasteiger partial charge < -0.3 is 14.7 Å². The first-order chi connectivity index (χ1) is 10.0. The molecule has 0 aliphatic heterocycles. The Bertz CT molecular complexity index is 468. The van der Waals surface area contributed by atoms with Crippen molar-refractivity contribution >= 4 is 11.6 Å². The van der Waals surface area contributed by atoms with Gasteiger partial charge in [-0.1, -0.05) is 37.3 Å². The van der Waals surface area contributed by atoms with Gasteiger partial charge in [-0.25, -0.2) is 0 Å². The number of hydrogen-bond acceptors (Lipinski definition) is 3. The summed E-state index contributed by atoms with van der Waals surface area (Å²) < 4.78 is 5.43. The summed E-state index contributed by atoms with van der Waals surface area (Å²) in [6, 6.07) is 5.47. The van der Waals surface area contributed by atoms with Gasteiger partial charge in [0.1, 0.15) is 11.9 Å². The Labute approximate surface area is 132 Å². The first-order valence-electron chi connectivity index (χ1n) is 7.70. The summed E-state index contributed by atoms with van der Waals surface area (Å²) in [7, 11) is 5.76. The largest absolute Gasteiger partial charge is 0.496 e. The molecule has 118 valence electrons. The Morgan fingerprint density at radius 1 is 1.19 bits per heavy atom. The number of aliphatic hydroxyl groups excluding tert-OH is 1. The van der Waals surface area contributed by atoms with E-state index in [1.165, 1.54) is 12.8 Å². The molecule has 1 aromatic carbocycles. The summed E-state index contributed by atoms with van der Waals surface area (Å²) in [5.41, 5.74) is 0.551. The third kappa shape index (κ3) is 3.36. The number of rotatable bonds is 4. The third-order valence-corrected chi connectivity index (χ3v) is 5.09. The number of aliphatic hydroxyl groups is 1. The quantitative estimate of drug-likeness (QED) is 0.852. The van der Waals surface area contributed by atoms with Crippen LogP contribution in [0.2, 0.25) is 5.02 Å². The summed E-state index contributed by atoms with van der Waals surface area (Å²) in [4.78, 5) is 2.18. The van der Waals surface area contributed by atoms with Gasteiger partial charge in [0.05, 0.1) is 12.6 Å². The number of ether oxygens (including phenoxy) is 1. The number of hydrogen-bond donors (Lipinski definition) is 1. The van der Waals surface area contributed by atoms with Crippen molar-refractivity contribution in [1.82, 2.24) is 4.90 Å². The van der Waals surface area contributed by atoms with Crippen molar-refractivity contribution in [2.45, 2.75) is 50.2 Å². The van der Waals surface area contributed by atoms with Crippen LogP contribution in [0.4, 0.5) is 0 Å². The number of halogens is 1. The molecule has 1 aromatic rings. The van der Waals surface area contributed by atoms with E-state index in [0.29, 0.717) is 10.8 Å². The molecular formula is C17H26ClNO2. The lowest BCUT2D eigenvalue weighted by molar-refractivity contribution is -0.0209. The Kier molecular flexibility index (Phi) is 5.53. The molecule has 0 saturated heterocycles. The van der Waals surface area contributed by atoms with Crippen LogP contribution in [-0.4, -0.2) is 36.8 Å². The molecule has 1 atom stereocenters. The van der Waals surface area contributed by atoms with Crippen LogP contribution >= 0.6 is 11.6 Å². The molecule has 1 aliphatic carbocycles. The highest BCUT2D eigenvalue weighted by atomic mass is 35.5. The van der Waals surface area contributed by atoms with Crippen molar-refractivity contribution in [3.63, 3.8) is 0 Å². The lowest BCUT2D eigenvalue weighted by Gasteiger charge is -2.44. The second kappa shape index (κ2) is 6.99. The molecule has 2 rings (SSSR count). The molecule has 3 nitrogen and oxygen atoms in total. The fraction of sp³-hybridized carbons (Fsp3) is 0.647. The molecular weight excluding hydrogens is 286 g/mol. The van der Waals surface area contributed by atoms with Crippen molar-refractivity contribution in [1.29, 1.82) is 0 Å². The molecule has 21 heavy (non-hydrogen) atoms. The van der Waals surface area contributed by atoms with Crippen molar-refractivity contribution in [2.24, 2.45) is 0 Å². The molecule has 0 radical (unpaired) electrons. The van der Waals surface area contributed by atoms with Gasteiger partial charge in [-0.15, -0.1) is 0 Å². The van der Waals surface area contributed by atoms with Crippen molar-refractivity contribution < 1.29 is 9.84 Å². The standard InChI is InChI=1S/C17H26ClNO2/c1-19(2)17(10-6-4-5-7-11-17)16(20)14-12-13(18)8-9-15(14)21-3/h8-9,12,16,20H,4-7,10-11H2,1-3H3. The lowest BCUT2D eigenvalue weighted by Crippen LogP contribution is -2.49. The van der Waals surface area contributed by atoms with Crippen LogP contribution in [0, 0.1) is 0 Å². The molecule has 0 spiro atoms. The second-order valence-corrected chi connectivity index (χ2v) is 6.64. The highest BCUT2D eigenvalue weighted by Crippen LogP contribution is 2.44. The Morgan fingerprint density at radius 2 is 1.81 bits per heavy atom. The van der Waals surface area contributed by atoms with E-state index in [-0.39, 0.29) is 5.54 Å². The maximum absolute atomic E-state index is 11.1. The van der Waals surface area contributed by atoms with E-state index >= 15 is 0 Å². The zero-order chi connectivity index (χ0) is 15.5. The SMILES string of the molecule is COc1ccc(Cl)cc1C(O)C1(N(C)C)CCCCCC1. The van der Waals surface area contributed by atoms with Crippen molar-refractivity contribution in [3.8, 4) is 5.75 Å². The van der Waals surface area contributed by atoms with Gasteiger partial charge in [-0.3, -0.25) is 0 Å². The smallest absolute Gasteiger partial charge is 0.124 e. The van der Waals surface area contributed by atoms with Gasteiger partial charge in [0, 0.05) is 10.6 Å². The average Bonchev–Trinajstić information content (AvgIpc) is 2.73. The summed E-state index contributed by atoms with van der Waals surface area (Å²) in [5.74, 6) is 0.706. The maximum atomic E-state index is 11.1. The maximum Gasteiger partial charge on any atom is 0.124 e. The minimum atomic E-state index is -0.598. The van der Waals surface area contributed by atoms with Crippen LogP contribution < -0.4 is 4.74 Å². The van der Waals surface area contributed by atoms with Crippen LogP contribution in [0.15, 0.2) is 18.2 Å². The molecule has 1 N–H and O–H groups in total. The van der Waals surface area contributed by atoms with Crippen molar-refractivity contribution in [2.75, 3.05) is 21.2 Å². The van der Waals surface area contributed by atoms with Crippen molar-refractivity contribution in [3.05, 3.63) is 28.8 Å². The highest BCUT2D eigenvalue weighted by Gasteiger charge is 2.42. The van der Waals surface area contributed by atoms with E-state index in [2.05, 4.69) is 19.0 Å². The van der Waals surface area contributed by atoms with Gasteiger partial charge >= 0.3 is 0 Å². The number of benzene rings is 1. The molecule has 0 amide bonds. The first-order valence-corrected chi connectivity index (χ1v) is 8.08. The second-order valence-electron chi connectivity index (χ2n) is 6.20. The zero-order valence-corrected chi connectivity index (χ0v) is 14.0. The van der Waals surface area contributed by atoms with E-state index in [4.69, 9.17) is 16.3 Å². The predicted molar refractivity (Wildman–Crippen MR) is 87.1 cm³/mol. The summed E-state index contributed by atoms with van der Waals surface area (Å²) in [5, 5.41) is 11.8. The van der Waals surface area contributed by atoms with Gasteiger partial charge in [0.25, 0.3) is 0 Å². The van der Waals surface area contributed by atoms with Gasteiger partial charge in [0.15, 0.2) is 0 Å². The normalized spacial score (nSPS) is 20.1. The lowest BCUT2D eigenvalue weighted by atomic mass is 9.79. The minimum Gasteiger partial charge on any atom is -0.496 e. The molecule has 1 fully saturated rings. The Morgan fingerprint density at radius 3 is 2.33 bits per heavy atom. The van der Waals surface area contributed by atoms with Gasteiger partial charge in [-0.2, -0.15) is 0 Å². The molecule has 0 heterocycles. The molecule has 0 bridgehead atoms. The van der Waals surface area contributed by atoms with E-state index in [0.717, 1.165) is 31.2 Å². The molecule has 0 aromatic heterocycles. The van der Waals surface area contributed by atoms with E-state index in [9.17, 15) is 5.11 Å². The van der Waals surface area contributed by atoms with E-state index < -0.39 is 6.10 Å². The molecule has 1 aliphatic rings. The zero-order valence-electron chi connectivity index (χ0n) is 13.2. The minimum absolute atomic E-state index is 0.242. The van der Waals surface area contributed by atoms with Gasteiger partial charge in [0.2, 0.25) is 0 Å². The summed E-state index contributed by atoms with van der Waals surface area (Å²) >= 11 is 6.13. The summed E-state index contributed by atoms with van der Waals surface area (Å²) in [6.45, 7) is 0. The highest BCUT2D eigenvalue weighted by molar-refractivity contribution is 6.30.